The van der Waals surface area contributed by atoms with Gasteiger partial charge < -0.3 is 13.8 Å². The molecular formula is C35H43F5NO5P. The van der Waals surface area contributed by atoms with E-state index in [1.54, 1.807) is 36.4 Å². The highest BCUT2D eigenvalue weighted by molar-refractivity contribution is 7.52. The minimum atomic E-state index is -5.08. The van der Waals surface area contributed by atoms with Crippen LogP contribution < -0.4 is 14.1 Å². The molecule has 6 nitrogen and oxygen atoms in total. The third-order valence-corrected chi connectivity index (χ3v) is 8.98. The average molecular weight is 684 g/mol. The number of ether oxygens (including phenoxy) is 1. The van der Waals surface area contributed by atoms with E-state index in [1.165, 1.54) is 69.2 Å². The molecule has 0 aliphatic carbocycles. The molecule has 3 aromatic rings. The lowest BCUT2D eigenvalue weighted by atomic mass is 10.1. The molecule has 0 aliphatic heterocycles. The normalized spacial score (nSPS) is 13.1. The van der Waals surface area contributed by atoms with Crippen molar-refractivity contribution in [3.63, 3.8) is 0 Å². The second-order valence-electron chi connectivity index (χ2n) is 11.3. The summed E-state index contributed by atoms with van der Waals surface area (Å²) in [7, 11) is -5.08. The van der Waals surface area contributed by atoms with Crippen molar-refractivity contribution in [2.75, 3.05) is 6.61 Å². The molecule has 3 aromatic carbocycles. The van der Waals surface area contributed by atoms with E-state index in [4.69, 9.17) is 13.8 Å². The molecule has 0 amide bonds. The lowest BCUT2D eigenvalue weighted by Gasteiger charge is -2.25. The fourth-order valence-corrected chi connectivity index (χ4v) is 6.44. The van der Waals surface area contributed by atoms with E-state index in [1.807, 2.05) is 0 Å². The summed E-state index contributed by atoms with van der Waals surface area (Å²) < 4.78 is 101. The van der Waals surface area contributed by atoms with Crippen LogP contribution in [0.2, 0.25) is 0 Å². The molecule has 1 N–H and O–H groups in total. The smallest absolute Gasteiger partial charge is 0.465 e. The van der Waals surface area contributed by atoms with Crippen LogP contribution in [0.25, 0.3) is 0 Å². The zero-order valence-electron chi connectivity index (χ0n) is 26.6. The van der Waals surface area contributed by atoms with Crippen LogP contribution in [-0.2, 0) is 20.5 Å². The summed E-state index contributed by atoms with van der Waals surface area (Å²) in [5.41, 5.74) is 0.592. The van der Waals surface area contributed by atoms with Gasteiger partial charge in [0.15, 0.2) is 0 Å². The fourth-order valence-electron chi connectivity index (χ4n) is 4.92. The molecule has 0 heterocycles. The number of nitrogens with one attached hydrogen (secondary N) is 1. The van der Waals surface area contributed by atoms with Crippen LogP contribution in [0.1, 0.15) is 89.5 Å². The van der Waals surface area contributed by atoms with Gasteiger partial charge in [-0.2, -0.15) is 13.9 Å². The molecule has 0 fully saturated rings. The maximum atomic E-state index is 14.6. The summed E-state index contributed by atoms with van der Waals surface area (Å²) in [6, 6.07) is 14.3. The van der Waals surface area contributed by atoms with Gasteiger partial charge in [-0.3, -0.25) is 4.79 Å². The lowest BCUT2D eigenvalue weighted by Crippen LogP contribution is -2.40. The standard InChI is InChI=1S/C35H43F5NO5P/c1-2-3-4-5-6-7-8-9-10-11-12-19-24-44-35(42)28(25-26-20-15-13-16-21-26)41-47(43,45-27-22-17-14-18-23-27)46-34-32(39)30(37)29(36)31(38)33(34)40/h13-18,20-23,28H,2-12,19,24-25H2,1H3,(H,41,43)/t28-,47?/m0/s1. The SMILES string of the molecule is CCCCCCCCCCCCCCOC(=O)[C@H](Cc1ccccc1)NP(=O)(Oc1ccccc1)Oc1c(F)c(F)c(F)c(F)c1F. The summed E-state index contributed by atoms with van der Waals surface area (Å²) >= 11 is 0. The maximum absolute atomic E-state index is 14.6. The highest BCUT2D eigenvalue weighted by Crippen LogP contribution is 2.48. The zero-order chi connectivity index (χ0) is 34.1. The van der Waals surface area contributed by atoms with Crippen molar-refractivity contribution in [3.8, 4) is 11.5 Å². The van der Waals surface area contributed by atoms with E-state index >= 15 is 0 Å². The van der Waals surface area contributed by atoms with Crippen molar-refractivity contribution in [3.05, 3.63) is 95.3 Å². The Bertz CT molecular complexity index is 1400. The molecule has 0 aliphatic rings. The maximum Gasteiger partial charge on any atom is 0.513 e. The largest absolute Gasteiger partial charge is 0.513 e. The van der Waals surface area contributed by atoms with Gasteiger partial charge in [0, 0.05) is 0 Å². The fraction of sp³-hybridized carbons (Fsp3) is 0.457. The summed E-state index contributed by atoms with van der Waals surface area (Å²) in [4.78, 5) is 13.3. The van der Waals surface area contributed by atoms with Crippen LogP contribution in [0, 0.1) is 29.1 Å². The molecular weight excluding hydrogens is 640 g/mol. The second kappa shape index (κ2) is 20.1. The van der Waals surface area contributed by atoms with Crippen LogP contribution in [0.5, 0.6) is 11.5 Å². The molecule has 47 heavy (non-hydrogen) atoms. The summed E-state index contributed by atoms with van der Waals surface area (Å²) in [5, 5.41) is 2.34. The van der Waals surface area contributed by atoms with Crippen LogP contribution >= 0.6 is 7.75 Å². The Morgan fingerprint density at radius 3 is 1.66 bits per heavy atom. The summed E-state index contributed by atoms with van der Waals surface area (Å²) in [6.07, 6.45) is 13.3. The quantitative estimate of drug-likeness (QED) is 0.0284. The highest BCUT2D eigenvalue weighted by Gasteiger charge is 2.39. The molecule has 2 atom stereocenters. The van der Waals surface area contributed by atoms with Gasteiger partial charge in [0.25, 0.3) is 0 Å². The number of rotatable bonds is 22. The highest BCUT2D eigenvalue weighted by atomic mass is 31.2. The number of para-hydroxylation sites is 1. The molecule has 12 heteroatoms. The second-order valence-corrected chi connectivity index (χ2v) is 12.9. The summed E-state index contributed by atoms with van der Waals surface area (Å²) in [5.74, 6) is -14.5. The molecule has 1 unspecified atom stereocenters. The number of hydrogen-bond acceptors (Lipinski definition) is 5. The Labute approximate surface area is 273 Å². The Morgan fingerprint density at radius 1 is 0.660 bits per heavy atom. The van der Waals surface area contributed by atoms with Crippen LogP contribution in [0.15, 0.2) is 60.7 Å². The van der Waals surface area contributed by atoms with E-state index < -0.39 is 54.6 Å². The van der Waals surface area contributed by atoms with Crippen LogP contribution in [0.4, 0.5) is 22.0 Å². The molecule has 0 bridgehead atoms. The molecule has 0 saturated carbocycles. The third kappa shape index (κ3) is 12.6. The van der Waals surface area contributed by atoms with Gasteiger partial charge in [0.05, 0.1) is 6.61 Å². The molecule has 0 aromatic heterocycles. The van der Waals surface area contributed by atoms with Gasteiger partial charge in [-0.1, -0.05) is 126 Å². The van der Waals surface area contributed by atoms with E-state index in [-0.39, 0.29) is 18.8 Å². The number of benzene rings is 3. The Kier molecular flexibility index (Phi) is 16.2. The van der Waals surface area contributed by atoms with Crippen molar-refractivity contribution in [1.82, 2.24) is 5.09 Å². The van der Waals surface area contributed by atoms with Crippen molar-refractivity contribution in [2.45, 2.75) is 96.4 Å². The van der Waals surface area contributed by atoms with E-state index in [0.717, 1.165) is 25.7 Å². The van der Waals surface area contributed by atoms with Gasteiger partial charge in [0.2, 0.25) is 34.8 Å². The van der Waals surface area contributed by atoms with Gasteiger partial charge in [-0.05, 0) is 30.5 Å². The van der Waals surface area contributed by atoms with Gasteiger partial charge >= 0.3 is 13.7 Å². The predicted molar refractivity (Wildman–Crippen MR) is 171 cm³/mol. The first-order chi connectivity index (χ1) is 22.6. The molecule has 0 saturated heterocycles. The summed E-state index contributed by atoms with van der Waals surface area (Å²) in [6.45, 7) is 2.26. The zero-order valence-corrected chi connectivity index (χ0v) is 27.5. The average Bonchev–Trinajstić information content (AvgIpc) is 3.07. The van der Waals surface area contributed by atoms with Crippen molar-refractivity contribution in [2.24, 2.45) is 0 Å². The number of halogens is 5. The van der Waals surface area contributed by atoms with Crippen LogP contribution in [0.3, 0.4) is 0 Å². The third-order valence-electron chi connectivity index (χ3n) is 7.47. The lowest BCUT2D eigenvalue weighted by molar-refractivity contribution is -0.145. The number of esters is 1. The van der Waals surface area contributed by atoms with E-state index in [2.05, 4.69) is 12.0 Å². The predicted octanol–water partition coefficient (Wildman–Crippen LogP) is 10.4. The van der Waals surface area contributed by atoms with Crippen molar-refractivity contribution in [1.29, 1.82) is 0 Å². The molecule has 3 rings (SSSR count). The Morgan fingerprint density at radius 2 is 1.13 bits per heavy atom. The Hall–Kier alpha value is -3.43. The van der Waals surface area contributed by atoms with Gasteiger partial charge in [0.1, 0.15) is 11.8 Å². The molecule has 0 spiro atoms. The first kappa shape index (κ1) is 38.0. The van der Waals surface area contributed by atoms with E-state index in [0.29, 0.717) is 12.0 Å². The first-order valence-electron chi connectivity index (χ1n) is 16.2. The molecule has 258 valence electrons. The Balaban J connectivity index is 1.68. The number of carbonyl (C=O) groups is 1. The minimum Gasteiger partial charge on any atom is -0.465 e. The monoisotopic (exact) mass is 683 g/mol. The van der Waals surface area contributed by atoms with Crippen LogP contribution in [-0.4, -0.2) is 18.6 Å². The first-order valence-corrected chi connectivity index (χ1v) is 17.7. The van der Waals surface area contributed by atoms with E-state index in [9.17, 15) is 31.3 Å². The number of unbranched alkanes of at least 4 members (excludes halogenated alkanes) is 11. The number of hydrogen-bond donors (Lipinski definition) is 1. The minimum absolute atomic E-state index is 0.0611. The molecule has 0 radical (unpaired) electrons. The topological polar surface area (TPSA) is 73.9 Å². The van der Waals surface area contributed by atoms with Gasteiger partial charge in [-0.25, -0.2) is 17.7 Å². The van der Waals surface area contributed by atoms with Gasteiger partial charge in [-0.15, -0.1) is 0 Å². The van der Waals surface area contributed by atoms with Crippen molar-refractivity contribution >= 4 is 13.7 Å². The number of carbonyl (C=O) groups excluding carboxylic acids is 1. The van der Waals surface area contributed by atoms with Crippen molar-refractivity contribution < 1.29 is 45.1 Å².